The Balaban J connectivity index is 1.85. The molecular formula is C16H19N3O4. The Morgan fingerprint density at radius 2 is 2.30 bits per heavy atom. The summed E-state index contributed by atoms with van der Waals surface area (Å²) in [5, 5.41) is 7.86. The number of aromatic nitrogens is 2. The quantitative estimate of drug-likeness (QED) is 0.858. The maximum absolute atomic E-state index is 12.9. The van der Waals surface area contributed by atoms with Gasteiger partial charge in [0.25, 0.3) is 5.91 Å². The Bertz CT molecular complexity index is 685. The maximum Gasteiger partial charge on any atom is 0.254 e. The van der Waals surface area contributed by atoms with E-state index >= 15 is 0 Å². The number of rotatable bonds is 4. The van der Waals surface area contributed by atoms with Crippen LogP contribution < -0.4 is 4.74 Å². The minimum absolute atomic E-state index is 0.101. The third-order valence-corrected chi connectivity index (χ3v) is 3.61. The van der Waals surface area contributed by atoms with E-state index in [9.17, 15) is 4.79 Å². The molecule has 0 radical (unpaired) electrons. The normalized spacial score (nSPS) is 18.0. The molecule has 0 spiro atoms. The van der Waals surface area contributed by atoms with Gasteiger partial charge in [-0.2, -0.15) is 0 Å². The lowest BCUT2D eigenvalue weighted by molar-refractivity contribution is -0.0106. The largest absolute Gasteiger partial charge is 0.494 e. The van der Waals surface area contributed by atoms with Crippen molar-refractivity contribution in [3.63, 3.8) is 0 Å². The molecule has 1 saturated heterocycles. The van der Waals surface area contributed by atoms with Crippen molar-refractivity contribution in [3.05, 3.63) is 41.6 Å². The summed E-state index contributed by atoms with van der Waals surface area (Å²) in [6.45, 7) is 5.49. The lowest BCUT2D eigenvalue weighted by atomic mass is 10.1. The van der Waals surface area contributed by atoms with Crippen LogP contribution in [0.2, 0.25) is 0 Å². The summed E-state index contributed by atoms with van der Waals surface area (Å²) in [4.78, 5) is 14.6. The van der Waals surface area contributed by atoms with Crippen molar-refractivity contribution in [2.75, 3.05) is 26.4 Å². The SMILES string of the molecule is CCOc1cccc(C(=O)N2CCOC[C@H]2c2nnc(C)o2)c1. The Labute approximate surface area is 134 Å². The number of amides is 1. The molecule has 7 nitrogen and oxygen atoms in total. The summed E-state index contributed by atoms with van der Waals surface area (Å²) in [5.41, 5.74) is 0.569. The highest BCUT2D eigenvalue weighted by atomic mass is 16.5. The van der Waals surface area contributed by atoms with Gasteiger partial charge in [0.2, 0.25) is 11.8 Å². The number of ether oxygens (including phenoxy) is 2. The van der Waals surface area contributed by atoms with Crippen molar-refractivity contribution in [1.82, 2.24) is 15.1 Å². The van der Waals surface area contributed by atoms with Crippen LogP contribution in [0.3, 0.4) is 0 Å². The second kappa shape index (κ2) is 6.78. The number of nitrogens with zero attached hydrogens (tertiary/aromatic N) is 3. The molecule has 122 valence electrons. The van der Waals surface area contributed by atoms with E-state index in [1.807, 2.05) is 19.1 Å². The second-order valence-corrected chi connectivity index (χ2v) is 5.21. The van der Waals surface area contributed by atoms with Crippen LogP contribution in [-0.4, -0.2) is 47.4 Å². The molecule has 23 heavy (non-hydrogen) atoms. The maximum atomic E-state index is 12.9. The summed E-state index contributed by atoms with van der Waals surface area (Å²) >= 11 is 0. The van der Waals surface area contributed by atoms with E-state index in [0.717, 1.165) is 0 Å². The molecule has 1 atom stereocenters. The van der Waals surface area contributed by atoms with E-state index in [4.69, 9.17) is 13.9 Å². The minimum Gasteiger partial charge on any atom is -0.494 e. The fourth-order valence-electron chi connectivity index (χ4n) is 2.55. The monoisotopic (exact) mass is 317 g/mol. The third-order valence-electron chi connectivity index (χ3n) is 3.61. The third kappa shape index (κ3) is 3.34. The highest BCUT2D eigenvalue weighted by molar-refractivity contribution is 5.94. The van der Waals surface area contributed by atoms with Gasteiger partial charge in [-0.1, -0.05) is 6.07 Å². The molecule has 7 heteroatoms. The Kier molecular flexibility index (Phi) is 4.57. The molecule has 1 aliphatic heterocycles. The minimum atomic E-state index is -0.367. The van der Waals surface area contributed by atoms with Gasteiger partial charge in [0.15, 0.2) is 0 Å². The van der Waals surface area contributed by atoms with E-state index in [-0.39, 0.29) is 11.9 Å². The van der Waals surface area contributed by atoms with Gasteiger partial charge in [-0.05, 0) is 25.1 Å². The lowest BCUT2D eigenvalue weighted by Gasteiger charge is -2.33. The first-order chi connectivity index (χ1) is 11.2. The van der Waals surface area contributed by atoms with Crippen molar-refractivity contribution >= 4 is 5.91 Å². The topological polar surface area (TPSA) is 77.7 Å². The van der Waals surface area contributed by atoms with E-state index in [0.29, 0.717) is 49.5 Å². The number of carbonyl (C=O) groups is 1. The van der Waals surface area contributed by atoms with E-state index < -0.39 is 0 Å². The number of hydrogen-bond acceptors (Lipinski definition) is 6. The van der Waals surface area contributed by atoms with Crippen molar-refractivity contribution in [1.29, 1.82) is 0 Å². The molecule has 0 aliphatic carbocycles. The van der Waals surface area contributed by atoms with Crippen molar-refractivity contribution in [2.45, 2.75) is 19.9 Å². The number of benzene rings is 1. The molecule has 3 rings (SSSR count). The van der Waals surface area contributed by atoms with Crippen LogP contribution in [0.1, 0.15) is 35.1 Å². The van der Waals surface area contributed by atoms with Crippen LogP contribution in [-0.2, 0) is 4.74 Å². The predicted molar refractivity (Wildman–Crippen MR) is 81.2 cm³/mol. The summed E-state index contributed by atoms with van der Waals surface area (Å²) in [6.07, 6.45) is 0. The van der Waals surface area contributed by atoms with Crippen LogP contribution >= 0.6 is 0 Å². The predicted octanol–water partition coefficient (Wildman–Crippen LogP) is 1.99. The summed E-state index contributed by atoms with van der Waals surface area (Å²) < 4.78 is 16.4. The van der Waals surface area contributed by atoms with Crippen molar-refractivity contribution in [2.24, 2.45) is 0 Å². The Morgan fingerprint density at radius 1 is 1.43 bits per heavy atom. The molecule has 1 amide bonds. The van der Waals surface area contributed by atoms with Crippen LogP contribution in [0.5, 0.6) is 5.75 Å². The van der Waals surface area contributed by atoms with Crippen LogP contribution in [0.25, 0.3) is 0 Å². The Hall–Kier alpha value is -2.41. The van der Waals surface area contributed by atoms with E-state index in [1.54, 1.807) is 24.0 Å². The summed E-state index contributed by atoms with van der Waals surface area (Å²) in [7, 11) is 0. The average molecular weight is 317 g/mol. The zero-order valence-electron chi connectivity index (χ0n) is 13.2. The molecule has 0 N–H and O–H groups in total. The number of hydrogen-bond donors (Lipinski definition) is 0. The molecule has 0 unspecified atom stereocenters. The molecule has 1 aromatic carbocycles. The van der Waals surface area contributed by atoms with Gasteiger partial charge in [-0.3, -0.25) is 4.79 Å². The number of carbonyl (C=O) groups excluding carboxylic acids is 1. The first kappa shape index (κ1) is 15.5. The fraction of sp³-hybridized carbons (Fsp3) is 0.438. The van der Waals surface area contributed by atoms with Gasteiger partial charge in [0, 0.05) is 19.0 Å². The standard InChI is InChI=1S/C16H19N3O4/c1-3-22-13-6-4-5-12(9-13)16(20)19-7-8-21-10-14(19)15-18-17-11(2)23-15/h4-6,9,14H,3,7-8,10H2,1-2H3/t14-/m0/s1. The molecule has 1 fully saturated rings. The Morgan fingerprint density at radius 3 is 3.04 bits per heavy atom. The fourth-order valence-corrected chi connectivity index (χ4v) is 2.55. The molecule has 0 bridgehead atoms. The molecular weight excluding hydrogens is 298 g/mol. The molecule has 1 aliphatic rings. The second-order valence-electron chi connectivity index (χ2n) is 5.21. The van der Waals surface area contributed by atoms with E-state index in [2.05, 4.69) is 10.2 Å². The van der Waals surface area contributed by atoms with Gasteiger partial charge in [0.05, 0.1) is 19.8 Å². The highest BCUT2D eigenvalue weighted by Crippen LogP contribution is 2.26. The zero-order chi connectivity index (χ0) is 16.2. The van der Waals surface area contributed by atoms with Crippen molar-refractivity contribution in [3.8, 4) is 5.75 Å². The van der Waals surface area contributed by atoms with Crippen LogP contribution in [0, 0.1) is 6.92 Å². The van der Waals surface area contributed by atoms with Crippen LogP contribution in [0.4, 0.5) is 0 Å². The highest BCUT2D eigenvalue weighted by Gasteiger charge is 2.33. The molecule has 0 saturated carbocycles. The smallest absolute Gasteiger partial charge is 0.254 e. The van der Waals surface area contributed by atoms with Gasteiger partial charge < -0.3 is 18.8 Å². The van der Waals surface area contributed by atoms with Crippen molar-refractivity contribution < 1.29 is 18.7 Å². The van der Waals surface area contributed by atoms with Gasteiger partial charge >= 0.3 is 0 Å². The van der Waals surface area contributed by atoms with Gasteiger partial charge in [0.1, 0.15) is 11.8 Å². The zero-order valence-corrected chi connectivity index (χ0v) is 13.2. The van der Waals surface area contributed by atoms with Gasteiger partial charge in [-0.15, -0.1) is 10.2 Å². The number of morpholine rings is 1. The van der Waals surface area contributed by atoms with E-state index in [1.165, 1.54) is 0 Å². The van der Waals surface area contributed by atoms with Gasteiger partial charge in [-0.25, -0.2) is 0 Å². The lowest BCUT2D eigenvalue weighted by Crippen LogP contribution is -2.43. The summed E-state index contributed by atoms with van der Waals surface area (Å²) in [6, 6.07) is 6.80. The first-order valence-corrected chi connectivity index (χ1v) is 7.60. The molecule has 2 aromatic rings. The average Bonchev–Trinajstić information content (AvgIpc) is 3.01. The molecule has 2 heterocycles. The molecule has 1 aromatic heterocycles. The summed E-state index contributed by atoms with van der Waals surface area (Å²) in [5.74, 6) is 1.44. The first-order valence-electron chi connectivity index (χ1n) is 7.60. The number of aryl methyl sites for hydroxylation is 1. The van der Waals surface area contributed by atoms with Crippen LogP contribution in [0.15, 0.2) is 28.7 Å².